The second-order valence-electron chi connectivity index (χ2n) is 3.44. The molecular formula is C12H8Cl2NNaO2. The zero-order valence-electron chi connectivity index (χ0n) is 9.58. The van der Waals surface area contributed by atoms with Crippen LogP contribution in [0.5, 0.6) is 11.5 Å². The molecule has 0 saturated carbocycles. The van der Waals surface area contributed by atoms with Crippen molar-refractivity contribution in [3.63, 3.8) is 0 Å². The Balaban J connectivity index is 0.00000162. The van der Waals surface area contributed by atoms with Crippen molar-refractivity contribution in [2.45, 2.75) is 0 Å². The van der Waals surface area contributed by atoms with E-state index in [1.165, 1.54) is 12.1 Å². The first-order chi connectivity index (χ1) is 8.06. The van der Waals surface area contributed by atoms with Gasteiger partial charge >= 0.3 is 29.6 Å². The minimum absolute atomic E-state index is 0. The standard InChI is InChI=1S/C12H9Cl2NO2.Na/c13-10-5-8(6-11(14)12(10)17)15-7-1-3-9(16)4-2-7;/h1-6,15-17H;/q;+1/p-1. The summed E-state index contributed by atoms with van der Waals surface area (Å²) in [5, 5.41) is 23.7. The number of aromatic hydroxyl groups is 1. The Bertz CT molecular complexity index is 523. The van der Waals surface area contributed by atoms with E-state index in [-0.39, 0.29) is 51.1 Å². The Labute approximate surface area is 137 Å². The van der Waals surface area contributed by atoms with Gasteiger partial charge in [-0.1, -0.05) is 35.3 Å². The molecule has 3 nitrogen and oxygen atoms in total. The van der Waals surface area contributed by atoms with E-state index in [2.05, 4.69) is 5.32 Å². The van der Waals surface area contributed by atoms with Crippen LogP contribution in [0.3, 0.4) is 0 Å². The topological polar surface area (TPSA) is 55.3 Å². The molecule has 0 aliphatic heterocycles. The molecular weight excluding hydrogens is 284 g/mol. The first-order valence-electron chi connectivity index (χ1n) is 4.78. The molecule has 0 aliphatic rings. The number of benzene rings is 2. The third-order valence-corrected chi connectivity index (χ3v) is 2.74. The largest absolute Gasteiger partial charge is 1.00 e. The number of hydrogen-bond acceptors (Lipinski definition) is 3. The first kappa shape index (κ1) is 15.5. The fourth-order valence-corrected chi connectivity index (χ4v) is 1.83. The van der Waals surface area contributed by atoms with E-state index in [1.54, 1.807) is 24.3 Å². The normalized spacial score (nSPS) is 9.67. The summed E-state index contributed by atoms with van der Waals surface area (Å²) in [6.45, 7) is 0. The molecule has 0 atom stereocenters. The van der Waals surface area contributed by atoms with Gasteiger partial charge in [0.1, 0.15) is 0 Å². The SMILES string of the molecule is [Na+].[O-]c1ccc(Nc2cc(Cl)c(O)c(Cl)c2)cc1. The number of nitrogens with one attached hydrogen (secondary N) is 1. The maximum atomic E-state index is 10.9. The van der Waals surface area contributed by atoms with Gasteiger partial charge in [0.2, 0.25) is 0 Å². The van der Waals surface area contributed by atoms with Gasteiger partial charge in [-0.3, -0.25) is 0 Å². The van der Waals surface area contributed by atoms with Gasteiger partial charge in [0.05, 0.1) is 10.0 Å². The summed E-state index contributed by atoms with van der Waals surface area (Å²) in [5.41, 5.74) is 1.37. The summed E-state index contributed by atoms with van der Waals surface area (Å²) >= 11 is 11.6. The Hall–Kier alpha value is -0.580. The van der Waals surface area contributed by atoms with Gasteiger partial charge in [0.15, 0.2) is 5.75 Å². The second kappa shape index (κ2) is 6.55. The molecule has 2 aromatic carbocycles. The number of halogens is 2. The van der Waals surface area contributed by atoms with Crippen molar-refractivity contribution < 1.29 is 39.8 Å². The zero-order chi connectivity index (χ0) is 12.4. The average molecular weight is 292 g/mol. The van der Waals surface area contributed by atoms with E-state index in [4.69, 9.17) is 23.2 Å². The van der Waals surface area contributed by atoms with Gasteiger partial charge in [0, 0.05) is 11.4 Å². The number of phenols is 1. The number of anilines is 2. The third kappa shape index (κ3) is 3.70. The molecule has 0 fully saturated rings. The number of hydrogen-bond donors (Lipinski definition) is 2. The van der Waals surface area contributed by atoms with Crippen LogP contribution in [-0.4, -0.2) is 5.11 Å². The Kier molecular flexibility index (Phi) is 5.63. The van der Waals surface area contributed by atoms with Crippen molar-refractivity contribution in [1.29, 1.82) is 0 Å². The molecule has 0 amide bonds. The zero-order valence-corrected chi connectivity index (χ0v) is 13.1. The van der Waals surface area contributed by atoms with Gasteiger partial charge in [-0.15, -0.1) is 5.75 Å². The van der Waals surface area contributed by atoms with E-state index in [1.807, 2.05) is 0 Å². The summed E-state index contributed by atoms with van der Waals surface area (Å²) < 4.78 is 0. The van der Waals surface area contributed by atoms with Crippen LogP contribution in [0.2, 0.25) is 10.0 Å². The van der Waals surface area contributed by atoms with Crippen molar-refractivity contribution in [2.75, 3.05) is 5.32 Å². The summed E-state index contributed by atoms with van der Waals surface area (Å²) in [7, 11) is 0. The average Bonchev–Trinajstić information content (AvgIpc) is 2.29. The second-order valence-corrected chi connectivity index (χ2v) is 4.25. The molecule has 0 spiro atoms. The summed E-state index contributed by atoms with van der Waals surface area (Å²) in [6.07, 6.45) is 0. The van der Waals surface area contributed by atoms with Crippen LogP contribution in [0.25, 0.3) is 0 Å². The van der Waals surface area contributed by atoms with Crippen LogP contribution < -0.4 is 40.0 Å². The fraction of sp³-hybridized carbons (Fsp3) is 0. The van der Waals surface area contributed by atoms with Crippen molar-refractivity contribution in [3.8, 4) is 11.5 Å². The Morgan fingerprint density at radius 2 is 1.44 bits per heavy atom. The predicted molar refractivity (Wildman–Crippen MR) is 67.3 cm³/mol. The smallest absolute Gasteiger partial charge is 0.872 e. The van der Waals surface area contributed by atoms with Gasteiger partial charge in [0.25, 0.3) is 0 Å². The predicted octanol–water partition coefficient (Wildman–Crippen LogP) is 0.520. The van der Waals surface area contributed by atoms with E-state index in [0.29, 0.717) is 5.69 Å². The van der Waals surface area contributed by atoms with Crippen molar-refractivity contribution in [3.05, 3.63) is 46.4 Å². The molecule has 2 N–H and O–H groups in total. The van der Waals surface area contributed by atoms with E-state index >= 15 is 0 Å². The molecule has 88 valence electrons. The van der Waals surface area contributed by atoms with Crippen LogP contribution in [0.15, 0.2) is 36.4 Å². The maximum Gasteiger partial charge on any atom is 1.00 e. The van der Waals surface area contributed by atoms with Crippen LogP contribution in [0.1, 0.15) is 0 Å². The molecule has 0 aromatic heterocycles. The van der Waals surface area contributed by atoms with E-state index in [0.717, 1.165) is 5.69 Å². The molecule has 2 rings (SSSR count). The van der Waals surface area contributed by atoms with Crippen molar-refractivity contribution >= 4 is 34.6 Å². The molecule has 0 saturated heterocycles. The van der Waals surface area contributed by atoms with Gasteiger partial charge < -0.3 is 15.5 Å². The minimum atomic E-state index is -0.145. The van der Waals surface area contributed by atoms with E-state index < -0.39 is 0 Å². The Morgan fingerprint density at radius 3 is 1.94 bits per heavy atom. The molecule has 0 unspecified atom stereocenters. The minimum Gasteiger partial charge on any atom is -0.872 e. The quantitative estimate of drug-likeness (QED) is 0.627. The molecule has 0 bridgehead atoms. The van der Waals surface area contributed by atoms with Crippen LogP contribution >= 0.6 is 23.2 Å². The monoisotopic (exact) mass is 291 g/mol. The number of rotatable bonds is 2. The Morgan fingerprint density at radius 1 is 0.944 bits per heavy atom. The molecule has 6 heteroatoms. The van der Waals surface area contributed by atoms with Crippen LogP contribution in [-0.2, 0) is 0 Å². The van der Waals surface area contributed by atoms with Gasteiger partial charge in [-0.2, -0.15) is 0 Å². The van der Waals surface area contributed by atoms with Crippen LogP contribution in [0.4, 0.5) is 11.4 Å². The molecule has 0 aliphatic carbocycles. The third-order valence-electron chi connectivity index (χ3n) is 2.16. The van der Waals surface area contributed by atoms with Crippen molar-refractivity contribution in [1.82, 2.24) is 0 Å². The first-order valence-corrected chi connectivity index (χ1v) is 5.54. The van der Waals surface area contributed by atoms with Crippen molar-refractivity contribution in [2.24, 2.45) is 0 Å². The fourth-order valence-electron chi connectivity index (χ4n) is 1.34. The van der Waals surface area contributed by atoms with Crippen LogP contribution in [0, 0.1) is 0 Å². The molecule has 0 radical (unpaired) electrons. The summed E-state index contributed by atoms with van der Waals surface area (Å²) in [5.74, 6) is -0.203. The molecule has 2 aromatic rings. The molecule has 18 heavy (non-hydrogen) atoms. The number of phenolic OH excluding ortho intramolecular Hbond substituents is 1. The summed E-state index contributed by atoms with van der Waals surface area (Å²) in [6, 6.07) is 9.30. The van der Waals surface area contributed by atoms with E-state index in [9.17, 15) is 10.2 Å². The summed E-state index contributed by atoms with van der Waals surface area (Å²) in [4.78, 5) is 0. The van der Waals surface area contributed by atoms with Gasteiger partial charge in [-0.25, -0.2) is 0 Å². The van der Waals surface area contributed by atoms with Gasteiger partial charge in [-0.05, 0) is 24.3 Å². The maximum absolute atomic E-state index is 10.9. The molecule has 0 heterocycles.